The van der Waals surface area contributed by atoms with Crippen molar-refractivity contribution in [1.29, 1.82) is 0 Å². The molecule has 0 bridgehead atoms. The van der Waals surface area contributed by atoms with Crippen LogP contribution in [0.3, 0.4) is 0 Å². The number of anilines is 8. The normalized spacial score (nSPS) is 10.9. The van der Waals surface area contributed by atoms with E-state index in [4.69, 9.17) is 22.9 Å². The van der Waals surface area contributed by atoms with Gasteiger partial charge in [-0.25, -0.2) is 0 Å². The summed E-state index contributed by atoms with van der Waals surface area (Å²) in [5.41, 5.74) is 25.0. The molecule has 0 aliphatic heterocycles. The molecule has 0 aliphatic rings. The van der Waals surface area contributed by atoms with Crippen molar-refractivity contribution in [2.45, 2.75) is 0 Å². The van der Waals surface area contributed by atoms with Crippen LogP contribution in [-0.4, -0.2) is 29.9 Å². The summed E-state index contributed by atoms with van der Waals surface area (Å²) in [5, 5.41) is 14.4. The van der Waals surface area contributed by atoms with Crippen molar-refractivity contribution in [3.8, 4) is 0 Å². The molecule has 0 aliphatic carbocycles. The van der Waals surface area contributed by atoms with E-state index >= 15 is 0 Å². The molecule has 2 heterocycles. The molecular formula is C18H18N14. The zero-order valence-electron chi connectivity index (χ0n) is 16.5. The standard InChI is InChI=1S/C18H18N14/c19-13-25-14(20)28-17(27-13)23-9-1-5-11(6-2-9)31-32-12-7-3-10(4-8-12)24-18-29-15(21)26-16(22)30-18/h1-8H,(H5,19,20,23,25,27,28)(H5,21,22,24,26,29,30). The lowest BCUT2D eigenvalue weighted by Gasteiger charge is -2.06. The molecule has 0 fully saturated rings. The number of azo groups is 1. The summed E-state index contributed by atoms with van der Waals surface area (Å²) >= 11 is 0. The SMILES string of the molecule is Nc1nc(N)nc(Nc2ccc(N=Nc3ccc(Nc4nc(N)nc(N)n4)cc3)cc2)n1. The minimum Gasteiger partial charge on any atom is -0.368 e. The number of nitrogen functional groups attached to an aromatic ring is 4. The molecule has 0 radical (unpaired) electrons. The van der Waals surface area contributed by atoms with Crippen molar-refractivity contribution in [1.82, 2.24) is 29.9 Å². The van der Waals surface area contributed by atoms with Gasteiger partial charge in [0.15, 0.2) is 0 Å². The Bertz CT molecular complexity index is 1110. The fourth-order valence-electron chi connectivity index (χ4n) is 2.53. The summed E-state index contributed by atoms with van der Waals surface area (Å²) < 4.78 is 0. The highest BCUT2D eigenvalue weighted by atomic mass is 15.2. The third-order valence-corrected chi connectivity index (χ3v) is 3.87. The van der Waals surface area contributed by atoms with E-state index in [-0.39, 0.29) is 35.7 Å². The Morgan fingerprint density at radius 1 is 0.469 bits per heavy atom. The number of hydrogen-bond acceptors (Lipinski definition) is 14. The van der Waals surface area contributed by atoms with Gasteiger partial charge < -0.3 is 33.6 Å². The molecule has 0 amide bonds. The average Bonchev–Trinajstić information content (AvgIpc) is 2.73. The van der Waals surface area contributed by atoms with Crippen molar-refractivity contribution in [3.63, 3.8) is 0 Å². The summed E-state index contributed by atoms with van der Waals surface area (Å²) in [5.74, 6) is 0.643. The van der Waals surface area contributed by atoms with Crippen LogP contribution < -0.4 is 33.6 Å². The molecule has 0 atom stereocenters. The molecule has 160 valence electrons. The lowest BCUT2D eigenvalue weighted by molar-refractivity contribution is 1.08. The molecule has 2 aromatic heterocycles. The highest BCUT2D eigenvalue weighted by Gasteiger charge is 2.04. The predicted molar refractivity (Wildman–Crippen MR) is 121 cm³/mol. The van der Waals surface area contributed by atoms with Crippen LogP contribution in [0.4, 0.5) is 58.4 Å². The lowest BCUT2D eigenvalue weighted by Crippen LogP contribution is -2.06. The number of nitrogens with zero attached hydrogens (tertiary/aromatic N) is 8. The number of aromatic nitrogens is 6. The van der Waals surface area contributed by atoms with Crippen molar-refractivity contribution in [2.24, 2.45) is 10.2 Å². The number of nitrogens with two attached hydrogens (primary N) is 4. The van der Waals surface area contributed by atoms with E-state index in [0.29, 0.717) is 11.4 Å². The Morgan fingerprint density at radius 2 is 0.781 bits per heavy atom. The van der Waals surface area contributed by atoms with Gasteiger partial charge in [-0.2, -0.15) is 40.1 Å². The van der Waals surface area contributed by atoms with Gasteiger partial charge in [-0.05, 0) is 48.5 Å². The molecule has 2 aromatic carbocycles. The summed E-state index contributed by atoms with van der Waals surface area (Å²) in [6.07, 6.45) is 0. The molecule has 0 unspecified atom stereocenters. The zero-order valence-corrected chi connectivity index (χ0v) is 16.5. The van der Waals surface area contributed by atoms with Gasteiger partial charge in [0.25, 0.3) is 0 Å². The van der Waals surface area contributed by atoms with Gasteiger partial charge in [-0.3, -0.25) is 0 Å². The number of rotatable bonds is 6. The van der Waals surface area contributed by atoms with E-state index in [1.165, 1.54) is 0 Å². The second-order valence-corrected chi connectivity index (χ2v) is 6.29. The van der Waals surface area contributed by atoms with Crippen LogP contribution >= 0.6 is 0 Å². The fraction of sp³-hybridized carbons (Fsp3) is 0. The smallest absolute Gasteiger partial charge is 0.233 e. The van der Waals surface area contributed by atoms with E-state index < -0.39 is 0 Å². The average molecular weight is 430 g/mol. The third-order valence-electron chi connectivity index (χ3n) is 3.87. The largest absolute Gasteiger partial charge is 0.368 e. The van der Waals surface area contributed by atoms with E-state index in [1.54, 1.807) is 48.5 Å². The molecule has 0 saturated heterocycles. The minimum atomic E-state index is 0.0354. The predicted octanol–water partition coefficient (Wildman–Crippen LogP) is 2.29. The maximum absolute atomic E-state index is 5.56. The topological polar surface area (TPSA) is 230 Å². The molecule has 10 N–H and O–H groups in total. The molecule has 4 rings (SSSR count). The van der Waals surface area contributed by atoms with Crippen molar-refractivity contribution in [2.75, 3.05) is 33.6 Å². The minimum absolute atomic E-state index is 0.0354. The summed E-state index contributed by atoms with van der Waals surface area (Å²) in [4.78, 5) is 23.3. The first kappa shape index (κ1) is 20.1. The number of hydrogen-bond donors (Lipinski definition) is 6. The third kappa shape index (κ3) is 5.26. The quantitative estimate of drug-likeness (QED) is 0.242. The van der Waals surface area contributed by atoms with E-state index in [0.717, 1.165) is 11.4 Å². The van der Waals surface area contributed by atoms with Gasteiger partial charge in [-0.15, -0.1) is 0 Å². The van der Waals surface area contributed by atoms with Gasteiger partial charge in [0.2, 0.25) is 35.7 Å². The molecule has 14 nitrogen and oxygen atoms in total. The molecule has 14 heteroatoms. The summed E-state index contributed by atoms with van der Waals surface area (Å²) in [6.45, 7) is 0. The molecular weight excluding hydrogens is 412 g/mol. The van der Waals surface area contributed by atoms with Crippen molar-refractivity contribution < 1.29 is 0 Å². The molecule has 32 heavy (non-hydrogen) atoms. The highest BCUT2D eigenvalue weighted by molar-refractivity contribution is 5.59. The van der Waals surface area contributed by atoms with Gasteiger partial charge in [-0.1, -0.05) is 0 Å². The lowest BCUT2D eigenvalue weighted by atomic mass is 10.3. The van der Waals surface area contributed by atoms with Crippen LogP contribution in [0.2, 0.25) is 0 Å². The van der Waals surface area contributed by atoms with Crippen LogP contribution in [0, 0.1) is 0 Å². The zero-order chi connectivity index (χ0) is 22.5. The Hall–Kier alpha value is -5.14. The van der Waals surface area contributed by atoms with Gasteiger partial charge in [0.05, 0.1) is 11.4 Å². The summed E-state index contributed by atoms with van der Waals surface area (Å²) in [6, 6.07) is 14.3. The van der Waals surface area contributed by atoms with E-state index in [1.807, 2.05) is 0 Å². The Kier molecular flexibility index (Phi) is 5.48. The first-order chi connectivity index (χ1) is 15.4. The number of nitrogens with one attached hydrogen (secondary N) is 2. The van der Waals surface area contributed by atoms with E-state index in [9.17, 15) is 0 Å². The van der Waals surface area contributed by atoms with Gasteiger partial charge in [0, 0.05) is 11.4 Å². The van der Waals surface area contributed by atoms with Crippen LogP contribution in [0.25, 0.3) is 0 Å². The van der Waals surface area contributed by atoms with Crippen LogP contribution in [0.5, 0.6) is 0 Å². The van der Waals surface area contributed by atoms with Crippen LogP contribution in [0.1, 0.15) is 0 Å². The highest BCUT2D eigenvalue weighted by Crippen LogP contribution is 2.23. The second kappa shape index (κ2) is 8.70. The second-order valence-electron chi connectivity index (χ2n) is 6.29. The van der Waals surface area contributed by atoms with Gasteiger partial charge >= 0.3 is 0 Å². The molecule has 0 saturated carbocycles. The van der Waals surface area contributed by atoms with Crippen molar-refractivity contribution >= 4 is 58.4 Å². The maximum atomic E-state index is 5.56. The van der Waals surface area contributed by atoms with Crippen LogP contribution in [-0.2, 0) is 0 Å². The van der Waals surface area contributed by atoms with Crippen LogP contribution in [0.15, 0.2) is 58.8 Å². The summed E-state index contributed by atoms with van der Waals surface area (Å²) in [7, 11) is 0. The number of benzene rings is 2. The van der Waals surface area contributed by atoms with Crippen molar-refractivity contribution in [3.05, 3.63) is 48.5 Å². The fourth-order valence-corrected chi connectivity index (χ4v) is 2.53. The molecule has 4 aromatic rings. The first-order valence-corrected chi connectivity index (χ1v) is 9.13. The Labute approximate surface area is 181 Å². The maximum Gasteiger partial charge on any atom is 0.233 e. The van der Waals surface area contributed by atoms with E-state index in [2.05, 4.69) is 50.8 Å². The first-order valence-electron chi connectivity index (χ1n) is 9.13. The monoisotopic (exact) mass is 430 g/mol. The van der Waals surface area contributed by atoms with Gasteiger partial charge in [0.1, 0.15) is 0 Å². The Balaban J connectivity index is 1.38. The molecule has 0 spiro atoms. The Morgan fingerprint density at radius 3 is 1.09 bits per heavy atom.